The van der Waals surface area contributed by atoms with Gasteiger partial charge in [-0.05, 0) is 31.2 Å². The van der Waals surface area contributed by atoms with Gasteiger partial charge in [-0.3, -0.25) is 14.9 Å². The van der Waals surface area contributed by atoms with Crippen molar-refractivity contribution in [3.05, 3.63) is 32.9 Å². The summed E-state index contributed by atoms with van der Waals surface area (Å²) in [6, 6.07) is 0. The third kappa shape index (κ3) is 2.82. The molecule has 3 aromatic rings. The van der Waals surface area contributed by atoms with Crippen molar-refractivity contribution in [2.45, 2.75) is 38.5 Å². The Morgan fingerprint density at radius 1 is 1.33 bits per heavy atom. The third-order valence-electron chi connectivity index (χ3n) is 4.14. The first-order valence-electron chi connectivity index (χ1n) is 7.89. The van der Waals surface area contributed by atoms with Crippen LogP contribution >= 0.6 is 11.3 Å². The molecule has 0 atom stereocenters. The standard InChI is InChI=1S/C15H16N6O2S/c22-11(20-15-16-7-17-21-15)6-5-10-18-13(23)12-8-3-1-2-4-9(8)24-14(12)19-10/h7H,1-6H2,(H,18,19,23)(H2,16,17,20,21,22). The second-order valence-corrected chi connectivity index (χ2v) is 6.87. The molecular weight excluding hydrogens is 328 g/mol. The van der Waals surface area contributed by atoms with Gasteiger partial charge in [-0.1, -0.05) is 0 Å². The highest BCUT2D eigenvalue weighted by Crippen LogP contribution is 2.33. The summed E-state index contributed by atoms with van der Waals surface area (Å²) in [7, 11) is 0. The molecule has 3 aromatic heterocycles. The van der Waals surface area contributed by atoms with Crippen LogP contribution in [0.1, 0.15) is 35.5 Å². The number of aromatic amines is 2. The summed E-state index contributed by atoms with van der Waals surface area (Å²) in [5, 5.41) is 9.56. The molecule has 4 rings (SSSR count). The van der Waals surface area contributed by atoms with Crippen LogP contribution in [0.15, 0.2) is 11.1 Å². The minimum absolute atomic E-state index is 0.0926. The van der Waals surface area contributed by atoms with Crippen molar-refractivity contribution in [3.8, 4) is 0 Å². The van der Waals surface area contributed by atoms with Crippen LogP contribution in [0.25, 0.3) is 10.2 Å². The number of nitrogens with one attached hydrogen (secondary N) is 3. The van der Waals surface area contributed by atoms with E-state index in [4.69, 9.17) is 0 Å². The van der Waals surface area contributed by atoms with Crippen LogP contribution in [0.4, 0.5) is 5.95 Å². The van der Waals surface area contributed by atoms with E-state index in [0.717, 1.165) is 29.5 Å². The fourth-order valence-electron chi connectivity index (χ4n) is 3.02. The van der Waals surface area contributed by atoms with E-state index in [9.17, 15) is 9.59 Å². The Balaban J connectivity index is 1.52. The first kappa shape index (κ1) is 15.0. The number of hydrogen-bond acceptors (Lipinski definition) is 6. The summed E-state index contributed by atoms with van der Waals surface area (Å²) in [4.78, 5) is 37.6. The van der Waals surface area contributed by atoms with Gasteiger partial charge in [-0.2, -0.15) is 10.1 Å². The monoisotopic (exact) mass is 344 g/mol. The number of fused-ring (bicyclic) bond motifs is 3. The van der Waals surface area contributed by atoms with Gasteiger partial charge < -0.3 is 4.98 Å². The van der Waals surface area contributed by atoms with Gasteiger partial charge in [-0.15, -0.1) is 11.3 Å². The second-order valence-electron chi connectivity index (χ2n) is 5.79. The molecule has 9 heteroatoms. The second kappa shape index (κ2) is 6.16. The van der Waals surface area contributed by atoms with Gasteiger partial charge in [0.25, 0.3) is 5.56 Å². The zero-order chi connectivity index (χ0) is 16.5. The van der Waals surface area contributed by atoms with Crippen molar-refractivity contribution in [3.63, 3.8) is 0 Å². The summed E-state index contributed by atoms with van der Waals surface area (Å²) in [6.45, 7) is 0. The van der Waals surface area contributed by atoms with Gasteiger partial charge in [0.2, 0.25) is 11.9 Å². The highest BCUT2D eigenvalue weighted by Gasteiger charge is 2.19. The van der Waals surface area contributed by atoms with E-state index in [-0.39, 0.29) is 17.9 Å². The summed E-state index contributed by atoms with van der Waals surface area (Å²) in [5.74, 6) is 0.640. The lowest BCUT2D eigenvalue weighted by molar-refractivity contribution is -0.116. The number of aromatic nitrogens is 5. The first-order valence-corrected chi connectivity index (χ1v) is 8.71. The number of anilines is 1. The van der Waals surface area contributed by atoms with Crippen molar-refractivity contribution < 1.29 is 4.79 Å². The van der Waals surface area contributed by atoms with Crippen LogP contribution in [-0.2, 0) is 24.1 Å². The molecule has 1 aliphatic carbocycles. The number of aryl methyl sites for hydroxylation is 3. The highest BCUT2D eigenvalue weighted by molar-refractivity contribution is 7.18. The molecule has 0 fully saturated rings. The Hall–Kier alpha value is -2.55. The Bertz CT molecular complexity index is 943. The number of carbonyl (C=O) groups excluding carboxylic acids is 1. The number of rotatable bonds is 4. The third-order valence-corrected chi connectivity index (χ3v) is 5.32. The summed E-state index contributed by atoms with van der Waals surface area (Å²) in [6.07, 6.45) is 6.19. The number of amides is 1. The summed E-state index contributed by atoms with van der Waals surface area (Å²) >= 11 is 1.61. The van der Waals surface area contributed by atoms with E-state index < -0.39 is 0 Å². The highest BCUT2D eigenvalue weighted by atomic mass is 32.1. The van der Waals surface area contributed by atoms with Crippen LogP contribution in [0.5, 0.6) is 0 Å². The number of thiophene rings is 1. The summed E-state index contributed by atoms with van der Waals surface area (Å²) in [5.41, 5.74) is 1.08. The molecule has 24 heavy (non-hydrogen) atoms. The molecule has 1 aliphatic rings. The summed E-state index contributed by atoms with van der Waals surface area (Å²) < 4.78 is 0. The lowest BCUT2D eigenvalue weighted by atomic mass is 9.97. The van der Waals surface area contributed by atoms with Crippen LogP contribution in [0, 0.1) is 0 Å². The minimum Gasteiger partial charge on any atom is -0.310 e. The lowest BCUT2D eigenvalue weighted by Gasteiger charge is -2.09. The van der Waals surface area contributed by atoms with Crippen molar-refractivity contribution in [2.75, 3.05) is 5.32 Å². The van der Waals surface area contributed by atoms with E-state index in [1.54, 1.807) is 11.3 Å². The van der Waals surface area contributed by atoms with Crippen molar-refractivity contribution in [1.82, 2.24) is 25.1 Å². The predicted octanol–water partition coefficient (Wildman–Crippen LogP) is 1.55. The molecular formula is C15H16N6O2S. The average Bonchev–Trinajstić information content (AvgIpc) is 3.19. The van der Waals surface area contributed by atoms with Gasteiger partial charge in [0, 0.05) is 17.7 Å². The molecule has 3 N–H and O–H groups in total. The van der Waals surface area contributed by atoms with Gasteiger partial charge in [0.15, 0.2) is 0 Å². The molecule has 0 bridgehead atoms. The maximum Gasteiger partial charge on any atom is 0.259 e. The minimum atomic E-state index is -0.208. The molecule has 8 nitrogen and oxygen atoms in total. The number of H-pyrrole nitrogens is 2. The van der Waals surface area contributed by atoms with Crippen LogP contribution < -0.4 is 10.9 Å². The molecule has 0 saturated carbocycles. The molecule has 0 aliphatic heterocycles. The molecule has 0 aromatic carbocycles. The molecule has 0 unspecified atom stereocenters. The van der Waals surface area contributed by atoms with Gasteiger partial charge in [-0.25, -0.2) is 10.1 Å². The molecule has 0 saturated heterocycles. The zero-order valence-electron chi connectivity index (χ0n) is 12.9. The molecule has 124 valence electrons. The van der Waals surface area contributed by atoms with E-state index in [2.05, 4.69) is 30.5 Å². The van der Waals surface area contributed by atoms with E-state index >= 15 is 0 Å². The largest absolute Gasteiger partial charge is 0.310 e. The lowest BCUT2D eigenvalue weighted by Crippen LogP contribution is -2.17. The Morgan fingerprint density at radius 3 is 3.04 bits per heavy atom. The van der Waals surface area contributed by atoms with Crippen LogP contribution in [0.3, 0.4) is 0 Å². The topological polar surface area (TPSA) is 116 Å². The van der Waals surface area contributed by atoms with E-state index in [1.807, 2.05) is 0 Å². The fourth-order valence-corrected chi connectivity index (χ4v) is 4.30. The van der Waals surface area contributed by atoms with Gasteiger partial charge >= 0.3 is 0 Å². The number of hydrogen-bond donors (Lipinski definition) is 3. The molecule has 1 amide bonds. The van der Waals surface area contributed by atoms with Gasteiger partial charge in [0.1, 0.15) is 17.0 Å². The molecule has 3 heterocycles. The normalized spacial score (nSPS) is 13.8. The van der Waals surface area contributed by atoms with E-state index in [1.165, 1.54) is 23.2 Å². The SMILES string of the molecule is O=C(CCc1nc2sc3c(c2c(=O)[nH]1)CCCC3)Nc1ncn[nH]1. The molecule has 0 spiro atoms. The predicted molar refractivity (Wildman–Crippen MR) is 90.2 cm³/mol. The van der Waals surface area contributed by atoms with Crippen LogP contribution in [0.2, 0.25) is 0 Å². The Morgan fingerprint density at radius 2 is 2.21 bits per heavy atom. The van der Waals surface area contributed by atoms with E-state index in [0.29, 0.717) is 18.2 Å². The van der Waals surface area contributed by atoms with Crippen molar-refractivity contribution in [2.24, 2.45) is 0 Å². The molecule has 0 radical (unpaired) electrons. The van der Waals surface area contributed by atoms with Crippen molar-refractivity contribution in [1.29, 1.82) is 0 Å². The Labute approximate surface area is 140 Å². The number of nitrogens with zero attached hydrogens (tertiary/aromatic N) is 3. The van der Waals surface area contributed by atoms with Crippen molar-refractivity contribution >= 4 is 33.4 Å². The first-order chi connectivity index (χ1) is 11.7. The fraction of sp³-hybridized carbons (Fsp3) is 0.400. The smallest absolute Gasteiger partial charge is 0.259 e. The van der Waals surface area contributed by atoms with Gasteiger partial charge in [0.05, 0.1) is 5.39 Å². The maximum atomic E-state index is 12.4. The number of carbonyl (C=O) groups is 1. The van der Waals surface area contributed by atoms with Crippen LogP contribution in [-0.4, -0.2) is 31.1 Å². The average molecular weight is 344 g/mol. The maximum absolute atomic E-state index is 12.4. The zero-order valence-corrected chi connectivity index (χ0v) is 13.7. The Kier molecular flexibility index (Phi) is 3.85. The quantitative estimate of drug-likeness (QED) is 0.664.